The summed E-state index contributed by atoms with van der Waals surface area (Å²) in [6, 6.07) is 15.3. The molecular weight excluding hydrogens is 232 g/mol. The Morgan fingerprint density at radius 1 is 1.11 bits per heavy atom. The Hall–Kier alpha value is -1.80. The number of nitrogens with zero attached hydrogens (tertiary/aromatic N) is 1. The minimum absolute atomic E-state index is 0.599. The molecule has 2 aromatic rings. The van der Waals surface area contributed by atoms with Crippen molar-refractivity contribution in [3.63, 3.8) is 0 Å². The van der Waals surface area contributed by atoms with Gasteiger partial charge in [0.25, 0.3) is 0 Å². The summed E-state index contributed by atoms with van der Waals surface area (Å²) in [5.74, 6) is 0. The fourth-order valence-corrected chi connectivity index (χ4v) is 2.84. The molecule has 98 valence electrons. The highest BCUT2D eigenvalue weighted by molar-refractivity contribution is 5.70. The lowest BCUT2D eigenvalue weighted by Gasteiger charge is -2.27. The fourth-order valence-electron chi connectivity index (χ4n) is 2.84. The topological polar surface area (TPSA) is 29.3 Å². The second-order valence-corrected chi connectivity index (χ2v) is 5.27. The van der Waals surface area contributed by atoms with Crippen LogP contribution in [0.4, 0.5) is 5.69 Å². The first-order valence-corrected chi connectivity index (χ1v) is 6.91. The van der Waals surface area contributed by atoms with Gasteiger partial charge in [0.05, 0.1) is 0 Å². The smallest absolute Gasteiger partial charge is 0.0396 e. The van der Waals surface area contributed by atoms with Crippen LogP contribution in [-0.2, 0) is 13.0 Å². The molecule has 19 heavy (non-hydrogen) atoms. The van der Waals surface area contributed by atoms with Gasteiger partial charge in [-0.05, 0) is 53.3 Å². The van der Waals surface area contributed by atoms with E-state index in [1.807, 2.05) is 0 Å². The molecule has 0 aliphatic carbocycles. The van der Waals surface area contributed by atoms with Gasteiger partial charge in [0.15, 0.2) is 0 Å². The van der Waals surface area contributed by atoms with E-state index in [2.05, 4.69) is 54.4 Å². The van der Waals surface area contributed by atoms with Gasteiger partial charge in [0.1, 0.15) is 0 Å². The van der Waals surface area contributed by atoms with Gasteiger partial charge in [-0.3, -0.25) is 0 Å². The lowest BCUT2D eigenvalue weighted by Crippen LogP contribution is -2.24. The van der Waals surface area contributed by atoms with Gasteiger partial charge in [-0.25, -0.2) is 0 Å². The minimum atomic E-state index is 0.599. The molecule has 0 spiro atoms. The van der Waals surface area contributed by atoms with Crippen LogP contribution in [-0.4, -0.2) is 13.6 Å². The van der Waals surface area contributed by atoms with E-state index < -0.39 is 0 Å². The Labute approximate surface area is 114 Å². The third-order valence-corrected chi connectivity index (χ3v) is 3.93. The summed E-state index contributed by atoms with van der Waals surface area (Å²) in [6.45, 7) is 1.76. The molecule has 2 nitrogen and oxygen atoms in total. The van der Waals surface area contributed by atoms with E-state index in [1.165, 1.54) is 40.8 Å². The summed E-state index contributed by atoms with van der Waals surface area (Å²) in [5, 5.41) is 0. The van der Waals surface area contributed by atoms with Crippen molar-refractivity contribution in [2.45, 2.75) is 19.4 Å². The summed E-state index contributed by atoms with van der Waals surface area (Å²) in [7, 11) is 2.17. The predicted molar refractivity (Wildman–Crippen MR) is 81.4 cm³/mol. The van der Waals surface area contributed by atoms with Gasteiger partial charge in [-0.15, -0.1) is 0 Å². The maximum atomic E-state index is 5.72. The van der Waals surface area contributed by atoms with Crippen LogP contribution in [0, 0.1) is 0 Å². The van der Waals surface area contributed by atoms with Crippen molar-refractivity contribution in [1.82, 2.24) is 0 Å². The maximum absolute atomic E-state index is 5.72. The molecule has 0 radical (unpaired) electrons. The van der Waals surface area contributed by atoms with Crippen LogP contribution in [0.3, 0.4) is 0 Å². The zero-order valence-corrected chi connectivity index (χ0v) is 11.4. The molecular formula is C17H20N2. The van der Waals surface area contributed by atoms with Crippen LogP contribution >= 0.6 is 0 Å². The van der Waals surface area contributed by atoms with E-state index in [4.69, 9.17) is 5.73 Å². The van der Waals surface area contributed by atoms with Gasteiger partial charge in [-0.2, -0.15) is 0 Å². The molecule has 2 heteroatoms. The first kappa shape index (κ1) is 12.2. The summed E-state index contributed by atoms with van der Waals surface area (Å²) >= 11 is 0. The second kappa shape index (κ2) is 5.06. The molecule has 0 aromatic heterocycles. The highest BCUT2D eigenvalue weighted by atomic mass is 15.1. The average Bonchev–Trinajstić information content (AvgIpc) is 2.47. The standard InChI is InChI=1S/C17H20N2/c1-19-9-3-6-16-11-15(7-8-17(16)19)14-5-2-4-13(10-14)12-18/h2,4-5,7-8,10-11H,3,6,9,12,18H2,1H3. The van der Waals surface area contributed by atoms with Crippen LogP contribution in [0.1, 0.15) is 17.5 Å². The summed E-state index contributed by atoms with van der Waals surface area (Å²) in [5.41, 5.74) is 12.3. The van der Waals surface area contributed by atoms with Crippen LogP contribution in [0.15, 0.2) is 42.5 Å². The molecule has 0 amide bonds. The van der Waals surface area contributed by atoms with Crippen LogP contribution in [0.5, 0.6) is 0 Å². The number of rotatable bonds is 2. The van der Waals surface area contributed by atoms with Crippen LogP contribution in [0.25, 0.3) is 11.1 Å². The Morgan fingerprint density at radius 3 is 2.79 bits per heavy atom. The molecule has 1 heterocycles. The molecule has 2 N–H and O–H groups in total. The van der Waals surface area contributed by atoms with E-state index >= 15 is 0 Å². The molecule has 0 saturated carbocycles. The molecule has 0 fully saturated rings. The normalized spacial score (nSPS) is 14.3. The van der Waals surface area contributed by atoms with Gasteiger partial charge >= 0.3 is 0 Å². The number of benzene rings is 2. The fraction of sp³-hybridized carbons (Fsp3) is 0.294. The molecule has 0 bridgehead atoms. The van der Waals surface area contributed by atoms with Crippen molar-refractivity contribution in [1.29, 1.82) is 0 Å². The first-order valence-electron chi connectivity index (χ1n) is 6.91. The number of fused-ring (bicyclic) bond motifs is 1. The highest BCUT2D eigenvalue weighted by Crippen LogP contribution is 2.31. The van der Waals surface area contributed by atoms with Crippen molar-refractivity contribution >= 4 is 5.69 Å². The molecule has 3 rings (SSSR count). The summed E-state index contributed by atoms with van der Waals surface area (Å²) in [6.07, 6.45) is 2.43. The summed E-state index contributed by atoms with van der Waals surface area (Å²) < 4.78 is 0. The van der Waals surface area contributed by atoms with Crippen LogP contribution in [0.2, 0.25) is 0 Å². The Balaban J connectivity index is 2.01. The van der Waals surface area contributed by atoms with Gasteiger partial charge < -0.3 is 10.6 Å². The third kappa shape index (κ3) is 2.36. The Kier molecular flexibility index (Phi) is 3.26. The third-order valence-electron chi connectivity index (χ3n) is 3.93. The van der Waals surface area contributed by atoms with Crippen molar-refractivity contribution in [2.24, 2.45) is 5.73 Å². The SMILES string of the molecule is CN1CCCc2cc(-c3cccc(CN)c3)ccc21. The van der Waals surface area contributed by atoms with Crippen molar-refractivity contribution in [2.75, 3.05) is 18.5 Å². The number of aryl methyl sites for hydroxylation is 1. The Morgan fingerprint density at radius 2 is 1.95 bits per heavy atom. The maximum Gasteiger partial charge on any atom is 0.0396 e. The Bertz CT molecular complexity index is 590. The zero-order chi connectivity index (χ0) is 13.2. The van der Waals surface area contributed by atoms with Gasteiger partial charge in [0, 0.05) is 25.8 Å². The van der Waals surface area contributed by atoms with E-state index in [9.17, 15) is 0 Å². The predicted octanol–water partition coefficient (Wildman–Crippen LogP) is 3.19. The first-order chi connectivity index (χ1) is 9.28. The zero-order valence-electron chi connectivity index (χ0n) is 11.4. The molecule has 0 atom stereocenters. The molecule has 1 aliphatic heterocycles. The molecule has 1 aliphatic rings. The largest absolute Gasteiger partial charge is 0.374 e. The lowest BCUT2D eigenvalue weighted by atomic mass is 9.96. The lowest BCUT2D eigenvalue weighted by molar-refractivity contribution is 0.745. The van der Waals surface area contributed by atoms with Gasteiger partial charge in [-0.1, -0.05) is 24.3 Å². The average molecular weight is 252 g/mol. The van der Waals surface area contributed by atoms with E-state index in [0.29, 0.717) is 6.54 Å². The number of hydrogen-bond donors (Lipinski definition) is 1. The minimum Gasteiger partial charge on any atom is -0.374 e. The number of nitrogens with two attached hydrogens (primary N) is 1. The van der Waals surface area contributed by atoms with E-state index in [0.717, 1.165) is 6.54 Å². The van der Waals surface area contributed by atoms with Crippen molar-refractivity contribution in [3.8, 4) is 11.1 Å². The van der Waals surface area contributed by atoms with Crippen LogP contribution < -0.4 is 10.6 Å². The molecule has 2 aromatic carbocycles. The van der Waals surface area contributed by atoms with Crippen molar-refractivity contribution < 1.29 is 0 Å². The second-order valence-electron chi connectivity index (χ2n) is 5.27. The van der Waals surface area contributed by atoms with E-state index in [-0.39, 0.29) is 0 Å². The van der Waals surface area contributed by atoms with E-state index in [1.54, 1.807) is 0 Å². The highest BCUT2D eigenvalue weighted by Gasteiger charge is 2.14. The number of hydrogen-bond acceptors (Lipinski definition) is 2. The van der Waals surface area contributed by atoms with Crippen molar-refractivity contribution in [3.05, 3.63) is 53.6 Å². The monoisotopic (exact) mass is 252 g/mol. The molecule has 0 unspecified atom stereocenters. The van der Waals surface area contributed by atoms with Gasteiger partial charge in [0.2, 0.25) is 0 Å². The molecule has 0 saturated heterocycles. The quantitative estimate of drug-likeness (QED) is 0.889. The number of anilines is 1. The summed E-state index contributed by atoms with van der Waals surface area (Å²) in [4.78, 5) is 2.35.